The van der Waals surface area contributed by atoms with E-state index in [1.807, 2.05) is 4.90 Å². The van der Waals surface area contributed by atoms with Crippen LogP contribution in [0.2, 0.25) is 0 Å². The molecular formula is C23H39N5O2. The van der Waals surface area contributed by atoms with Crippen LogP contribution in [0.5, 0.6) is 0 Å². The molecule has 0 radical (unpaired) electrons. The number of carbonyl (C=O) groups is 1. The first-order valence-electron chi connectivity index (χ1n) is 11.9. The van der Waals surface area contributed by atoms with Crippen molar-refractivity contribution in [3.63, 3.8) is 0 Å². The van der Waals surface area contributed by atoms with E-state index >= 15 is 0 Å². The second-order valence-electron chi connectivity index (χ2n) is 9.58. The van der Waals surface area contributed by atoms with Gasteiger partial charge in [0, 0.05) is 44.2 Å². The molecule has 168 valence electrons. The smallest absolute Gasteiger partial charge is 0.248 e. The second kappa shape index (κ2) is 9.27. The van der Waals surface area contributed by atoms with Gasteiger partial charge >= 0.3 is 0 Å². The molecule has 3 aliphatic rings. The molecule has 4 rings (SSSR count). The number of aromatic nitrogens is 2. The fraction of sp³-hybridized carbons (Fsp3) is 0.826. The number of piperidine rings is 1. The average Bonchev–Trinajstić information content (AvgIpc) is 3.51. The molecule has 1 saturated carbocycles. The van der Waals surface area contributed by atoms with Gasteiger partial charge in [-0.2, -0.15) is 5.10 Å². The number of amides is 1. The largest absolute Gasteiger partial charge is 0.378 e. The predicted octanol–water partition coefficient (Wildman–Crippen LogP) is 3.03. The summed E-state index contributed by atoms with van der Waals surface area (Å²) in [6, 6.07) is 1.32. The molecule has 0 aromatic carbocycles. The summed E-state index contributed by atoms with van der Waals surface area (Å²) in [4.78, 5) is 16.6. The van der Waals surface area contributed by atoms with Crippen molar-refractivity contribution in [1.29, 1.82) is 0 Å². The lowest BCUT2D eigenvalue weighted by molar-refractivity contribution is -0.142. The Kier molecular flexibility index (Phi) is 6.68. The van der Waals surface area contributed by atoms with E-state index in [1.54, 1.807) is 0 Å². The van der Waals surface area contributed by atoms with Crippen molar-refractivity contribution in [2.75, 3.05) is 44.7 Å². The highest BCUT2D eigenvalue weighted by molar-refractivity contribution is 5.78. The molecule has 1 aromatic heterocycles. The molecule has 2 saturated heterocycles. The van der Waals surface area contributed by atoms with Crippen LogP contribution in [0.25, 0.3) is 0 Å². The normalized spacial score (nSPS) is 22.7. The first-order chi connectivity index (χ1) is 14.5. The minimum atomic E-state index is 0.0978. The van der Waals surface area contributed by atoms with E-state index < -0.39 is 0 Å². The molecular weight excluding hydrogens is 378 g/mol. The summed E-state index contributed by atoms with van der Waals surface area (Å²) in [5.41, 5.74) is 3.86. The lowest BCUT2D eigenvalue weighted by Crippen LogP contribution is -2.46. The number of aryl methyl sites for hydroxylation is 1. The zero-order chi connectivity index (χ0) is 21.3. The maximum absolute atomic E-state index is 12.1. The predicted molar refractivity (Wildman–Crippen MR) is 119 cm³/mol. The number of hydrogen-bond donors (Lipinski definition) is 1. The molecule has 0 spiro atoms. The third-order valence-electron chi connectivity index (χ3n) is 6.86. The molecule has 1 unspecified atom stereocenters. The summed E-state index contributed by atoms with van der Waals surface area (Å²) in [7, 11) is 0. The van der Waals surface area contributed by atoms with Crippen molar-refractivity contribution in [3.8, 4) is 0 Å². The minimum absolute atomic E-state index is 0.0978. The van der Waals surface area contributed by atoms with Gasteiger partial charge < -0.3 is 19.9 Å². The van der Waals surface area contributed by atoms with Crippen LogP contribution in [0.1, 0.15) is 76.7 Å². The number of nitrogens with one attached hydrogen (secondary N) is 1. The topological polar surface area (TPSA) is 62.6 Å². The van der Waals surface area contributed by atoms with E-state index in [4.69, 9.17) is 9.84 Å². The van der Waals surface area contributed by atoms with Gasteiger partial charge in [0.1, 0.15) is 6.61 Å². The van der Waals surface area contributed by atoms with Crippen molar-refractivity contribution in [2.24, 2.45) is 0 Å². The van der Waals surface area contributed by atoms with Crippen LogP contribution in [0.15, 0.2) is 0 Å². The Morgan fingerprint density at radius 1 is 1.13 bits per heavy atom. The Balaban J connectivity index is 1.50. The standard InChI is InChI=1S/C23H39N5O2/c1-5-20-22(24-17(4)14-27-12-13-30-15-21(27)29)23(18-6-7-18)28(25-20)19-8-10-26(11-9-19)16(2)3/h16-19,24H,5-15H2,1-4H3. The summed E-state index contributed by atoms with van der Waals surface area (Å²) in [5, 5.41) is 8.91. The molecule has 7 heteroatoms. The highest BCUT2D eigenvalue weighted by atomic mass is 16.5. The quantitative estimate of drug-likeness (QED) is 0.704. The summed E-state index contributed by atoms with van der Waals surface area (Å²) in [6.45, 7) is 13.5. The van der Waals surface area contributed by atoms with Gasteiger partial charge in [0.25, 0.3) is 0 Å². The van der Waals surface area contributed by atoms with Gasteiger partial charge in [-0.25, -0.2) is 0 Å². The van der Waals surface area contributed by atoms with Gasteiger partial charge in [-0.05, 0) is 52.9 Å². The van der Waals surface area contributed by atoms with E-state index in [1.165, 1.54) is 42.8 Å². The summed E-state index contributed by atoms with van der Waals surface area (Å²) >= 11 is 0. The molecule has 1 aromatic rings. The highest BCUT2D eigenvalue weighted by Crippen LogP contribution is 2.46. The van der Waals surface area contributed by atoms with Crippen LogP contribution in [0.4, 0.5) is 5.69 Å². The van der Waals surface area contributed by atoms with Crippen LogP contribution >= 0.6 is 0 Å². The molecule has 2 aliphatic heterocycles. The molecule has 1 aliphatic carbocycles. The Hall–Kier alpha value is -1.60. The zero-order valence-electron chi connectivity index (χ0n) is 19.2. The molecule has 1 N–H and O–H groups in total. The monoisotopic (exact) mass is 417 g/mol. The van der Waals surface area contributed by atoms with E-state index in [9.17, 15) is 4.79 Å². The van der Waals surface area contributed by atoms with Crippen LogP contribution in [-0.2, 0) is 16.0 Å². The summed E-state index contributed by atoms with van der Waals surface area (Å²) in [6.07, 6.45) is 5.83. The Morgan fingerprint density at radius 3 is 2.47 bits per heavy atom. The van der Waals surface area contributed by atoms with Crippen molar-refractivity contribution in [2.45, 2.75) is 83.8 Å². The van der Waals surface area contributed by atoms with Gasteiger partial charge in [-0.3, -0.25) is 9.48 Å². The van der Waals surface area contributed by atoms with Gasteiger partial charge in [-0.15, -0.1) is 0 Å². The number of rotatable bonds is 8. The van der Waals surface area contributed by atoms with E-state index in [2.05, 4.69) is 42.6 Å². The molecule has 0 bridgehead atoms. The van der Waals surface area contributed by atoms with Crippen LogP contribution in [0, 0.1) is 0 Å². The second-order valence-corrected chi connectivity index (χ2v) is 9.58. The number of ether oxygens (including phenoxy) is 1. The zero-order valence-corrected chi connectivity index (χ0v) is 19.2. The number of morpholine rings is 1. The van der Waals surface area contributed by atoms with Gasteiger partial charge in [0.05, 0.1) is 29.7 Å². The lowest BCUT2D eigenvalue weighted by atomic mass is 10.0. The maximum atomic E-state index is 12.1. The molecule has 1 atom stereocenters. The Bertz CT molecular complexity index is 734. The fourth-order valence-corrected chi connectivity index (χ4v) is 4.94. The van der Waals surface area contributed by atoms with Crippen molar-refractivity contribution in [3.05, 3.63) is 11.4 Å². The van der Waals surface area contributed by atoms with Crippen molar-refractivity contribution >= 4 is 11.6 Å². The molecule has 3 fully saturated rings. The summed E-state index contributed by atoms with van der Waals surface area (Å²) in [5.74, 6) is 0.737. The lowest BCUT2D eigenvalue weighted by Gasteiger charge is -2.35. The van der Waals surface area contributed by atoms with Crippen molar-refractivity contribution in [1.82, 2.24) is 19.6 Å². The summed E-state index contributed by atoms with van der Waals surface area (Å²) < 4.78 is 7.66. The number of nitrogens with zero attached hydrogens (tertiary/aromatic N) is 4. The van der Waals surface area contributed by atoms with Gasteiger partial charge in [0.15, 0.2) is 0 Å². The SMILES string of the molecule is CCc1nn(C2CCN(C(C)C)CC2)c(C2CC2)c1NC(C)CN1CCOCC1=O. The van der Waals surface area contributed by atoms with Crippen molar-refractivity contribution < 1.29 is 9.53 Å². The third kappa shape index (κ3) is 4.67. The fourth-order valence-electron chi connectivity index (χ4n) is 4.94. The van der Waals surface area contributed by atoms with E-state index in [-0.39, 0.29) is 18.6 Å². The Morgan fingerprint density at radius 2 is 1.87 bits per heavy atom. The number of likely N-dealkylation sites (tertiary alicyclic amines) is 1. The van der Waals surface area contributed by atoms with Gasteiger partial charge in [0.2, 0.25) is 5.91 Å². The number of hydrogen-bond acceptors (Lipinski definition) is 5. The van der Waals surface area contributed by atoms with Crippen LogP contribution in [-0.4, -0.2) is 77.0 Å². The first kappa shape index (κ1) is 21.6. The minimum Gasteiger partial charge on any atom is -0.378 e. The maximum Gasteiger partial charge on any atom is 0.248 e. The average molecular weight is 418 g/mol. The molecule has 3 heterocycles. The number of anilines is 1. The number of carbonyl (C=O) groups excluding carboxylic acids is 1. The Labute approximate surface area is 181 Å². The van der Waals surface area contributed by atoms with Crippen LogP contribution < -0.4 is 5.32 Å². The molecule has 30 heavy (non-hydrogen) atoms. The molecule has 7 nitrogen and oxygen atoms in total. The molecule has 1 amide bonds. The third-order valence-corrected chi connectivity index (χ3v) is 6.86. The highest BCUT2D eigenvalue weighted by Gasteiger charge is 2.36. The van der Waals surface area contributed by atoms with E-state index in [0.717, 1.165) is 19.5 Å². The van der Waals surface area contributed by atoms with Crippen LogP contribution in [0.3, 0.4) is 0 Å². The van der Waals surface area contributed by atoms with E-state index in [0.29, 0.717) is 37.7 Å². The van der Waals surface area contributed by atoms with Gasteiger partial charge in [-0.1, -0.05) is 6.92 Å². The first-order valence-corrected chi connectivity index (χ1v) is 11.9.